The molecule has 8 nitrogen and oxygen atoms in total. The van der Waals surface area contributed by atoms with Crippen LogP contribution < -0.4 is 4.74 Å². The van der Waals surface area contributed by atoms with Gasteiger partial charge in [0, 0.05) is 52.0 Å². The SMILES string of the molecule is COc1ccccc1C(=O)N1CCC(c2nnc3n2CCN(C(C)=O)CC3)CC1. The van der Waals surface area contributed by atoms with E-state index < -0.39 is 0 Å². The number of carbonyl (C=O) groups is 2. The number of para-hydroxylation sites is 1. The van der Waals surface area contributed by atoms with E-state index in [2.05, 4.69) is 14.8 Å². The molecule has 1 aromatic heterocycles. The van der Waals surface area contributed by atoms with Crippen LogP contribution >= 0.6 is 0 Å². The topological polar surface area (TPSA) is 80.6 Å². The highest BCUT2D eigenvalue weighted by Gasteiger charge is 2.30. The van der Waals surface area contributed by atoms with Gasteiger partial charge in [-0.1, -0.05) is 12.1 Å². The molecule has 1 aromatic carbocycles. The van der Waals surface area contributed by atoms with Gasteiger partial charge in [0.15, 0.2) is 0 Å². The molecule has 2 aromatic rings. The fourth-order valence-electron chi connectivity index (χ4n) is 4.29. The molecule has 29 heavy (non-hydrogen) atoms. The number of fused-ring (bicyclic) bond motifs is 1. The number of methoxy groups -OCH3 is 1. The number of benzene rings is 1. The van der Waals surface area contributed by atoms with Crippen molar-refractivity contribution in [3.63, 3.8) is 0 Å². The van der Waals surface area contributed by atoms with Gasteiger partial charge in [-0.2, -0.15) is 0 Å². The van der Waals surface area contributed by atoms with Crippen LogP contribution in [0.2, 0.25) is 0 Å². The largest absolute Gasteiger partial charge is 0.496 e. The van der Waals surface area contributed by atoms with Crippen molar-refractivity contribution >= 4 is 11.8 Å². The zero-order valence-electron chi connectivity index (χ0n) is 17.0. The zero-order chi connectivity index (χ0) is 20.4. The lowest BCUT2D eigenvalue weighted by molar-refractivity contribution is -0.128. The zero-order valence-corrected chi connectivity index (χ0v) is 17.0. The van der Waals surface area contributed by atoms with Crippen LogP contribution in [-0.2, 0) is 17.8 Å². The number of amides is 2. The summed E-state index contributed by atoms with van der Waals surface area (Å²) in [6, 6.07) is 7.35. The average molecular weight is 397 g/mol. The Bertz CT molecular complexity index is 901. The van der Waals surface area contributed by atoms with Crippen LogP contribution in [0.4, 0.5) is 0 Å². The van der Waals surface area contributed by atoms with Gasteiger partial charge in [0.2, 0.25) is 5.91 Å². The highest BCUT2D eigenvalue weighted by Crippen LogP contribution is 2.30. The van der Waals surface area contributed by atoms with Gasteiger partial charge in [-0.3, -0.25) is 9.59 Å². The third-order valence-corrected chi connectivity index (χ3v) is 5.98. The highest BCUT2D eigenvalue weighted by atomic mass is 16.5. The molecule has 0 N–H and O–H groups in total. The summed E-state index contributed by atoms with van der Waals surface area (Å²) in [6.45, 7) is 5.10. The number of hydrogen-bond donors (Lipinski definition) is 0. The molecule has 2 aliphatic rings. The fraction of sp³-hybridized carbons (Fsp3) is 0.524. The van der Waals surface area contributed by atoms with E-state index in [1.807, 2.05) is 34.1 Å². The van der Waals surface area contributed by atoms with Crippen LogP contribution in [-0.4, -0.2) is 69.7 Å². The van der Waals surface area contributed by atoms with E-state index in [0.717, 1.165) is 37.5 Å². The maximum absolute atomic E-state index is 12.9. The number of aromatic nitrogens is 3. The van der Waals surface area contributed by atoms with Crippen LogP contribution in [0, 0.1) is 0 Å². The molecule has 0 aliphatic carbocycles. The summed E-state index contributed by atoms with van der Waals surface area (Å²) in [6.07, 6.45) is 2.45. The van der Waals surface area contributed by atoms with Crippen molar-refractivity contribution in [2.75, 3.05) is 33.3 Å². The Morgan fingerprint density at radius 3 is 2.48 bits per heavy atom. The number of hydrogen-bond acceptors (Lipinski definition) is 5. The van der Waals surface area contributed by atoms with E-state index in [0.29, 0.717) is 37.5 Å². The number of carbonyl (C=O) groups excluding carboxylic acids is 2. The average Bonchev–Trinajstić information content (AvgIpc) is 3.03. The van der Waals surface area contributed by atoms with Crippen LogP contribution in [0.1, 0.15) is 47.7 Å². The van der Waals surface area contributed by atoms with Crippen molar-refractivity contribution in [2.45, 2.75) is 38.6 Å². The van der Waals surface area contributed by atoms with Crippen molar-refractivity contribution in [3.05, 3.63) is 41.5 Å². The number of nitrogens with zero attached hydrogens (tertiary/aromatic N) is 5. The molecule has 1 saturated heterocycles. The predicted molar refractivity (Wildman–Crippen MR) is 107 cm³/mol. The van der Waals surface area contributed by atoms with Gasteiger partial charge in [-0.25, -0.2) is 0 Å². The second-order valence-electron chi connectivity index (χ2n) is 7.65. The van der Waals surface area contributed by atoms with E-state index in [1.165, 1.54) is 0 Å². The Balaban J connectivity index is 1.43. The number of likely N-dealkylation sites (tertiary alicyclic amines) is 1. The summed E-state index contributed by atoms with van der Waals surface area (Å²) in [5, 5.41) is 8.86. The van der Waals surface area contributed by atoms with E-state index in [4.69, 9.17) is 4.74 Å². The van der Waals surface area contributed by atoms with Gasteiger partial charge in [0.1, 0.15) is 17.4 Å². The molecule has 0 atom stereocenters. The third kappa shape index (κ3) is 3.83. The Morgan fingerprint density at radius 2 is 1.76 bits per heavy atom. The summed E-state index contributed by atoms with van der Waals surface area (Å²) >= 11 is 0. The van der Waals surface area contributed by atoms with Crippen molar-refractivity contribution in [1.82, 2.24) is 24.6 Å². The van der Waals surface area contributed by atoms with Crippen LogP contribution in [0.5, 0.6) is 5.75 Å². The molecule has 0 radical (unpaired) electrons. The fourth-order valence-corrected chi connectivity index (χ4v) is 4.29. The molecule has 0 unspecified atom stereocenters. The molecule has 154 valence electrons. The minimum Gasteiger partial charge on any atom is -0.496 e. The van der Waals surface area contributed by atoms with Crippen molar-refractivity contribution < 1.29 is 14.3 Å². The molecule has 8 heteroatoms. The number of piperidine rings is 1. The summed E-state index contributed by atoms with van der Waals surface area (Å²) in [7, 11) is 1.59. The summed E-state index contributed by atoms with van der Waals surface area (Å²) < 4.78 is 7.53. The smallest absolute Gasteiger partial charge is 0.257 e. The Labute approximate surface area is 170 Å². The molecular formula is C21H27N5O3. The highest BCUT2D eigenvalue weighted by molar-refractivity contribution is 5.97. The lowest BCUT2D eigenvalue weighted by Crippen LogP contribution is -2.38. The molecule has 2 aliphatic heterocycles. The number of ether oxygens (including phenoxy) is 1. The van der Waals surface area contributed by atoms with E-state index >= 15 is 0 Å². The van der Waals surface area contributed by atoms with Gasteiger partial charge in [-0.05, 0) is 25.0 Å². The predicted octanol–water partition coefficient (Wildman–Crippen LogP) is 1.71. The summed E-state index contributed by atoms with van der Waals surface area (Å²) in [5.74, 6) is 2.96. The first-order chi connectivity index (χ1) is 14.1. The Hall–Kier alpha value is -2.90. The van der Waals surface area contributed by atoms with Gasteiger partial charge >= 0.3 is 0 Å². The summed E-state index contributed by atoms with van der Waals surface area (Å²) in [4.78, 5) is 28.4. The van der Waals surface area contributed by atoms with Crippen molar-refractivity contribution in [3.8, 4) is 5.75 Å². The first-order valence-electron chi connectivity index (χ1n) is 10.2. The monoisotopic (exact) mass is 397 g/mol. The Morgan fingerprint density at radius 1 is 1.00 bits per heavy atom. The molecule has 0 spiro atoms. The number of rotatable bonds is 3. The Kier molecular flexibility index (Phi) is 5.51. The minimum absolute atomic E-state index is 0.0121. The molecule has 2 amide bonds. The molecule has 0 saturated carbocycles. The lowest BCUT2D eigenvalue weighted by Gasteiger charge is -2.32. The maximum Gasteiger partial charge on any atom is 0.257 e. The quantitative estimate of drug-likeness (QED) is 0.788. The molecule has 1 fully saturated rings. The minimum atomic E-state index is 0.0121. The van der Waals surface area contributed by atoms with Crippen LogP contribution in [0.15, 0.2) is 24.3 Å². The van der Waals surface area contributed by atoms with Crippen molar-refractivity contribution in [1.29, 1.82) is 0 Å². The normalized spacial score (nSPS) is 17.6. The second kappa shape index (κ2) is 8.23. The second-order valence-corrected chi connectivity index (χ2v) is 7.65. The first kappa shape index (κ1) is 19.4. The van der Waals surface area contributed by atoms with Gasteiger partial charge in [0.25, 0.3) is 5.91 Å². The standard InChI is InChI=1S/C21H27N5O3/c1-15(27)24-12-9-19-22-23-20(26(19)14-13-24)16-7-10-25(11-8-16)21(28)17-5-3-4-6-18(17)29-2/h3-6,16H,7-14H2,1-2H3. The molecule has 3 heterocycles. The molecular weight excluding hydrogens is 370 g/mol. The maximum atomic E-state index is 12.9. The van der Waals surface area contributed by atoms with Crippen molar-refractivity contribution in [2.24, 2.45) is 0 Å². The van der Waals surface area contributed by atoms with E-state index in [1.54, 1.807) is 14.0 Å². The van der Waals surface area contributed by atoms with E-state index in [-0.39, 0.29) is 17.7 Å². The molecule has 0 bridgehead atoms. The lowest BCUT2D eigenvalue weighted by atomic mass is 9.95. The molecule has 4 rings (SSSR count). The van der Waals surface area contributed by atoms with Gasteiger partial charge in [-0.15, -0.1) is 10.2 Å². The van der Waals surface area contributed by atoms with Gasteiger partial charge < -0.3 is 19.1 Å². The third-order valence-electron chi connectivity index (χ3n) is 5.98. The van der Waals surface area contributed by atoms with Crippen LogP contribution in [0.25, 0.3) is 0 Å². The van der Waals surface area contributed by atoms with E-state index in [9.17, 15) is 9.59 Å². The first-order valence-corrected chi connectivity index (χ1v) is 10.2. The van der Waals surface area contributed by atoms with Gasteiger partial charge in [0.05, 0.1) is 12.7 Å². The van der Waals surface area contributed by atoms with Crippen LogP contribution in [0.3, 0.4) is 0 Å². The summed E-state index contributed by atoms with van der Waals surface area (Å²) in [5.41, 5.74) is 0.606.